The van der Waals surface area contributed by atoms with E-state index in [0.717, 1.165) is 30.9 Å². The summed E-state index contributed by atoms with van der Waals surface area (Å²) in [5.74, 6) is -1.44. The van der Waals surface area contributed by atoms with Crippen LogP contribution in [0.4, 0.5) is 28.9 Å². The molecule has 2 fully saturated rings. The van der Waals surface area contributed by atoms with Crippen molar-refractivity contribution in [2.24, 2.45) is 0 Å². The Hall–Kier alpha value is -3.67. The molecule has 42 heavy (non-hydrogen) atoms. The smallest absolute Gasteiger partial charge is 0.379 e. The second kappa shape index (κ2) is 12.3. The molecule has 3 aliphatic rings. The van der Waals surface area contributed by atoms with Crippen LogP contribution >= 0.6 is 0 Å². The van der Waals surface area contributed by atoms with E-state index in [1.54, 1.807) is 6.07 Å². The van der Waals surface area contributed by atoms with Crippen LogP contribution in [-0.4, -0.2) is 80.9 Å². The number of hydrogen-bond acceptors (Lipinski definition) is 6. The van der Waals surface area contributed by atoms with Crippen LogP contribution < -0.4 is 15.5 Å². The zero-order chi connectivity index (χ0) is 30.0. The van der Waals surface area contributed by atoms with Crippen molar-refractivity contribution < 1.29 is 27.1 Å². The average molecular weight is 586 g/mol. The number of nitrogens with one attached hydrogen (secondary N) is 2. The Morgan fingerprint density at radius 3 is 2.62 bits per heavy atom. The van der Waals surface area contributed by atoms with E-state index in [-0.39, 0.29) is 23.0 Å². The number of carbonyl (C=O) groups excluding carboxylic acids is 1. The number of likely N-dealkylation sites (N-methyl/N-ethyl adjacent to an activating group) is 1. The number of hydrogen-bond donors (Lipinski definition) is 2. The molecule has 5 rings (SSSR count). The molecule has 0 spiro atoms. The predicted octanol–water partition coefficient (Wildman–Crippen LogP) is 4.89. The van der Waals surface area contributed by atoms with E-state index in [1.165, 1.54) is 12.1 Å². The van der Waals surface area contributed by atoms with Crippen LogP contribution in [0.15, 0.2) is 72.1 Å². The lowest BCUT2D eigenvalue weighted by molar-refractivity contribution is -0.115. The Morgan fingerprint density at radius 2 is 1.90 bits per heavy atom. The van der Waals surface area contributed by atoms with Gasteiger partial charge in [-0.3, -0.25) is 9.69 Å². The number of carbonyl (C=O) groups is 1. The van der Waals surface area contributed by atoms with Crippen molar-refractivity contribution in [3.8, 4) is 11.1 Å². The van der Waals surface area contributed by atoms with Crippen molar-refractivity contribution >= 4 is 17.3 Å². The summed E-state index contributed by atoms with van der Waals surface area (Å²) in [5, 5.41) is 5.27. The maximum absolute atomic E-state index is 15.8. The number of benzene rings is 2. The van der Waals surface area contributed by atoms with Gasteiger partial charge in [0.2, 0.25) is 0 Å². The fraction of sp³-hybridized carbons (Fsp3) is 0.387. The lowest BCUT2D eigenvalue weighted by atomic mass is 9.99. The van der Waals surface area contributed by atoms with Crippen LogP contribution in [0, 0.1) is 5.82 Å². The summed E-state index contributed by atoms with van der Waals surface area (Å²) in [6.07, 6.45) is -2.97. The Morgan fingerprint density at radius 1 is 1.14 bits per heavy atom. The molecule has 2 aromatic carbocycles. The van der Waals surface area contributed by atoms with Gasteiger partial charge in [0.15, 0.2) is 0 Å². The Labute approximate surface area is 243 Å². The molecule has 224 valence electrons. The molecule has 0 aromatic heterocycles. The van der Waals surface area contributed by atoms with Gasteiger partial charge in [-0.05, 0) is 49.4 Å². The largest absolute Gasteiger partial charge is 0.417 e. The van der Waals surface area contributed by atoms with Crippen molar-refractivity contribution in [1.29, 1.82) is 0 Å². The number of allylic oxidation sites excluding steroid dienone is 1. The molecule has 1 atom stereocenters. The molecule has 0 saturated carbocycles. The van der Waals surface area contributed by atoms with E-state index < -0.39 is 29.0 Å². The number of dihydropyridines is 1. The first-order valence-corrected chi connectivity index (χ1v) is 13.9. The first-order chi connectivity index (χ1) is 20.0. The van der Waals surface area contributed by atoms with Crippen molar-refractivity contribution in [1.82, 2.24) is 15.1 Å². The minimum atomic E-state index is -4.77. The number of anilines is 2. The molecule has 2 N–H and O–H groups in total. The van der Waals surface area contributed by atoms with Gasteiger partial charge in [0.05, 0.1) is 35.7 Å². The van der Waals surface area contributed by atoms with Crippen LogP contribution in [0.25, 0.3) is 11.1 Å². The van der Waals surface area contributed by atoms with Gasteiger partial charge in [-0.15, -0.1) is 0 Å². The van der Waals surface area contributed by atoms with Crippen molar-refractivity contribution in [3.63, 3.8) is 0 Å². The molecule has 0 radical (unpaired) electrons. The zero-order valence-electron chi connectivity index (χ0n) is 23.7. The minimum absolute atomic E-state index is 0.0204. The van der Waals surface area contributed by atoms with Gasteiger partial charge in [0.25, 0.3) is 5.91 Å². The molecule has 0 bridgehead atoms. The van der Waals surface area contributed by atoms with Crippen molar-refractivity contribution in [2.75, 3.05) is 63.2 Å². The second-order valence-electron chi connectivity index (χ2n) is 11.0. The molecule has 3 heterocycles. The highest BCUT2D eigenvalue weighted by Gasteiger charge is 2.40. The highest BCUT2D eigenvalue weighted by atomic mass is 19.4. The molecule has 1 amide bonds. The number of nitrogens with zero attached hydrogens (tertiary/aromatic N) is 3. The van der Waals surface area contributed by atoms with Crippen LogP contribution in [0.1, 0.15) is 12.5 Å². The quantitative estimate of drug-likeness (QED) is 0.471. The molecule has 2 saturated heterocycles. The number of piperazine rings is 1. The predicted molar refractivity (Wildman–Crippen MR) is 155 cm³/mol. The van der Waals surface area contributed by atoms with Gasteiger partial charge in [-0.2, -0.15) is 13.2 Å². The fourth-order valence-corrected chi connectivity index (χ4v) is 5.42. The van der Waals surface area contributed by atoms with Crippen LogP contribution in [0.5, 0.6) is 0 Å². The van der Waals surface area contributed by atoms with E-state index in [9.17, 15) is 18.0 Å². The summed E-state index contributed by atoms with van der Waals surface area (Å²) >= 11 is 0. The Bertz CT molecular complexity index is 1410. The number of rotatable bonds is 6. The monoisotopic (exact) mass is 585 g/mol. The van der Waals surface area contributed by atoms with Crippen molar-refractivity contribution in [2.45, 2.75) is 25.7 Å². The number of amides is 1. The van der Waals surface area contributed by atoms with Crippen LogP contribution in [-0.2, 0) is 16.1 Å². The summed E-state index contributed by atoms with van der Waals surface area (Å²) in [5.41, 5.74) is 0.845. The Balaban J connectivity index is 1.50. The van der Waals surface area contributed by atoms with Gasteiger partial charge in [0, 0.05) is 62.8 Å². The van der Waals surface area contributed by atoms with Crippen molar-refractivity contribution in [3.05, 3.63) is 83.5 Å². The number of morpholine rings is 1. The number of halogens is 4. The molecule has 2 aromatic rings. The third kappa shape index (κ3) is 6.69. The molecule has 7 nitrogen and oxygen atoms in total. The summed E-state index contributed by atoms with van der Waals surface area (Å²) in [4.78, 5) is 19.8. The van der Waals surface area contributed by atoms with Gasteiger partial charge < -0.3 is 25.2 Å². The van der Waals surface area contributed by atoms with E-state index in [0.29, 0.717) is 50.6 Å². The third-order valence-electron chi connectivity index (χ3n) is 7.94. The van der Waals surface area contributed by atoms with E-state index in [4.69, 9.17) is 4.74 Å². The summed E-state index contributed by atoms with van der Waals surface area (Å²) in [6.45, 7) is 11.0. The van der Waals surface area contributed by atoms with E-state index in [2.05, 4.69) is 27.0 Å². The molecule has 11 heteroatoms. The minimum Gasteiger partial charge on any atom is -0.379 e. The first kappa shape index (κ1) is 29.8. The molecule has 0 aliphatic carbocycles. The number of alkyl halides is 3. The molecule has 1 unspecified atom stereocenters. The standard InChI is InChI=1S/C31H35F4N5O2/c1-20-13-26(31(33,34)35)25(17-36-20)30(41)37-28-15-24(27(32)16-29(28)40-8-7-38(3)21(2)18-40)23-6-4-5-22(14-23)19-39-9-11-42-12-10-39/h4-6,13-17,21,36H,1,7-12,18-19H2,2-3H3,(H,37,41). The molecule has 3 aliphatic heterocycles. The lowest BCUT2D eigenvalue weighted by Crippen LogP contribution is -2.50. The topological polar surface area (TPSA) is 60.1 Å². The maximum Gasteiger partial charge on any atom is 0.417 e. The van der Waals surface area contributed by atoms with Gasteiger partial charge in [-0.1, -0.05) is 24.8 Å². The SMILES string of the molecule is C=C1C=C(C(F)(F)F)C(C(=O)Nc2cc(-c3cccc(CN4CCOCC4)c3)c(F)cc2N2CCN(C)C(C)C2)=CN1. The van der Waals surface area contributed by atoms with Gasteiger partial charge in [-0.25, -0.2) is 4.39 Å². The van der Waals surface area contributed by atoms with Crippen LogP contribution in [0.3, 0.4) is 0 Å². The highest BCUT2D eigenvalue weighted by molar-refractivity contribution is 6.09. The summed E-state index contributed by atoms with van der Waals surface area (Å²) in [7, 11) is 2.00. The molecular formula is C31H35F4N5O2. The highest BCUT2D eigenvalue weighted by Crippen LogP contribution is 2.38. The average Bonchev–Trinajstić information content (AvgIpc) is 2.95. The summed E-state index contributed by atoms with van der Waals surface area (Å²) < 4.78 is 62.7. The normalized spacial score (nSPS) is 20.6. The lowest BCUT2D eigenvalue weighted by Gasteiger charge is -2.39. The first-order valence-electron chi connectivity index (χ1n) is 13.9. The van der Waals surface area contributed by atoms with Crippen LogP contribution in [0.2, 0.25) is 0 Å². The summed E-state index contributed by atoms with van der Waals surface area (Å²) in [6, 6.07) is 10.6. The third-order valence-corrected chi connectivity index (χ3v) is 7.94. The Kier molecular flexibility index (Phi) is 8.72. The zero-order valence-corrected chi connectivity index (χ0v) is 23.7. The fourth-order valence-electron chi connectivity index (χ4n) is 5.42. The van der Waals surface area contributed by atoms with Gasteiger partial charge >= 0.3 is 6.18 Å². The second-order valence-corrected chi connectivity index (χ2v) is 11.0. The number of ether oxygens (including phenoxy) is 1. The maximum atomic E-state index is 15.8. The molecular weight excluding hydrogens is 550 g/mol. The van der Waals surface area contributed by atoms with E-state index in [1.807, 2.05) is 37.1 Å². The van der Waals surface area contributed by atoms with Gasteiger partial charge in [0.1, 0.15) is 5.82 Å². The van der Waals surface area contributed by atoms with E-state index >= 15 is 4.39 Å².